The molecule has 0 amide bonds. The highest BCUT2D eigenvalue weighted by Gasteiger charge is 2.26. The standard InChI is InChI=1S/C10H7BrCl2O5S/c11-9-7(12)1-5(2-8(9)19(13,15)16)10(14)18-6-3-17-4-6/h1-2,6H,3-4H2. The molecule has 5 nitrogen and oxygen atoms in total. The second kappa shape index (κ2) is 5.57. The Morgan fingerprint density at radius 1 is 1.42 bits per heavy atom. The summed E-state index contributed by atoms with van der Waals surface area (Å²) in [6.07, 6.45) is -0.314. The molecule has 1 heterocycles. The first kappa shape index (κ1) is 15.1. The molecule has 0 unspecified atom stereocenters. The molecule has 0 N–H and O–H groups in total. The van der Waals surface area contributed by atoms with Crippen LogP contribution in [0.25, 0.3) is 0 Å². The quantitative estimate of drug-likeness (QED) is 0.587. The Bertz CT molecular complexity index is 627. The van der Waals surface area contributed by atoms with Gasteiger partial charge in [0.1, 0.15) is 6.10 Å². The van der Waals surface area contributed by atoms with Gasteiger partial charge in [-0.15, -0.1) is 0 Å². The first-order chi connectivity index (χ1) is 8.79. The van der Waals surface area contributed by atoms with E-state index >= 15 is 0 Å². The molecule has 0 spiro atoms. The lowest BCUT2D eigenvalue weighted by molar-refractivity contribution is -0.103. The van der Waals surface area contributed by atoms with E-state index in [-0.39, 0.29) is 26.1 Å². The summed E-state index contributed by atoms with van der Waals surface area (Å²) in [6, 6.07) is 2.42. The van der Waals surface area contributed by atoms with Crippen LogP contribution in [0.1, 0.15) is 10.4 Å². The van der Waals surface area contributed by atoms with Gasteiger partial charge in [-0.05, 0) is 28.1 Å². The number of halogens is 3. The van der Waals surface area contributed by atoms with E-state index < -0.39 is 15.0 Å². The van der Waals surface area contributed by atoms with E-state index in [1.54, 1.807) is 0 Å². The van der Waals surface area contributed by atoms with Crippen molar-refractivity contribution in [2.24, 2.45) is 0 Å². The molecule has 1 aliphatic rings. The molecule has 0 aromatic heterocycles. The topological polar surface area (TPSA) is 69.7 Å². The van der Waals surface area contributed by atoms with E-state index in [4.69, 9.17) is 31.8 Å². The minimum Gasteiger partial charge on any atom is -0.454 e. The Labute approximate surface area is 127 Å². The van der Waals surface area contributed by atoms with Crippen LogP contribution in [0.4, 0.5) is 0 Å². The Morgan fingerprint density at radius 2 is 2.05 bits per heavy atom. The Balaban J connectivity index is 2.36. The van der Waals surface area contributed by atoms with Gasteiger partial charge in [0, 0.05) is 10.7 Å². The molecular formula is C10H7BrCl2O5S. The molecule has 19 heavy (non-hydrogen) atoms. The Hall–Kier alpha value is -0.340. The van der Waals surface area contributed by atoms with Crippen molar-refractivity contribution >= 4 is 53.2 Å². The SMILES string of the molecule is O=C(OC1COC1)c1cc(Cl)c(Br)c(S(=O)(=O)Cl)c1. The van der Waals surface area contributed by atoms with Crippen LogP contribution in [0, 0.1) is 0 Å². The van der Waals surface area contributed by atoms with Crippen LogP contribution in [0.3, 0.4) is 0 Å². The zero-order chi connectivity index (χ0) is 14.2. The van der Waals surface area contributed by atoms with Gasteiger partial charge in [-0.1, -0.05) is 11.6 Å². The summed E-state index contributed by atoms with van der Waals surface area (Å²) in [5.41, 5.74) is 0.0133. The highest BCUT2D eigenvalue weighted by Crippen LogP contribution is 2.33. The summed E-state index contributed by atoms with van der Waals surface area (Å²) < 4.78 is 32.8. The number of ether oxygens (including phenoxy) is 2. The molecule has 0 radical (unpaired) electrons. The fraction of sp³-hybridized carbons (Fsp3) is 0.300. The lowest BCUT2D eigenvalue weighted by atomic mass is 10.2. The summed E-state index contributed by atoms with van der Waals surface area (Å²) in [5.74, 6) is -0.677. The average molecular weight is 390 g/mol. The third kappa shape index (κ3) is 3.41. The van der Waals surface area contributed by atoms with E-state index in [0.717, 1.165) is 6.07 Å². The van der Waals surface area contributed by atoms with Gasteiger partial charge in [0.05, 0.1) is 33.2 Å². The zero-order valence-electron chi connectivity index (χ0n) is 9.23. The molecule has 104 valence electrons. The number of rotatable bonds is 3. The average Bonchev–Trinajstić information content (AvgIpc) is 2.25. The smallest absolute Gasteiger partial charge is 0.338 e. The number of hydrogen-bond acceptors (Lipinski definition) is 5. The third-order valence-electron chi connectivity index (χ3n) is 2.37. The Kier molecular flexibility index (Phi) is 4.42. The van der Waals surface area contributed by atoms with E-state index in [2.05, 4.69) is 15.9 Å². The minimum absolute atomic E-state index is 0.0133. The molecule has 9 heteroatoms. The van der Waals surface area contributed by atoms with Crippen molar-refractivity contribution in [2.45, 2.75) is 11.0 Å². The molecule has 1 saturated heterocycles. The fourth-order valence-corrected chi connectivity index (χ4v) is 3.74. The van der Waals surface area contributed by atoms with Crippen LogP contribution in [0.15, 0.2) is 21.5 Å². The molecule has 1 aliphatic heterocycles. The van der Waals surface area contributed by atoms with Gasteiger partial charge in [0.25, 0.3) is 9.05 Å². The lowest BCUT2D eigenvalue weighted by Gasteiger charge is -2.25. The van der Waals surface area contributed by atoms with Gasteiger partial charge in [-0.2, -0.15) is 0 Å². The molecule has 0 saturated carbocycles. The zero-order valence-corrected chi connectivity index (χ0v) is 13.1. The van der Waals surface area contributed by atoms with E-state index in [1.165, 1.54) is 6.07 Å². The van der Waals surface area contributed by atoms with Crippen LogP contribution < -0.4 is 0 Å². The predicted molar refractivity (Wildman–Crippen MR) is 72.2 cm³/mol. The largest absolute Gasteiger partial charge is 0.454 e. The molecule has 1 aromatic carbocycles. The van der Waals surface area contributed by atoms with Crippen molar-refractivity contribution in [1.29, 1.82) is 0 Å². The van der Waals surface area contributed by atoms with Gasteiger partial charge in [0.15, 0.2) is 0 Å². The molecule has 2 rings (SSSR count). The van der Waals surface area contributed by atoms with Gasteiger partial charge in [-0.25, -0.2) is 13.2 Å². The highest BCUT2D eigenvalue weighted by atomic mass is 79.9. The van der Waals surface area contributed by atoms with E-state index in [9.17, 15) is 13.2 Å². The number of hydrogen-bond donors (Lipinski definition) is 0. The van der Waals surface area contributed by atoms with E-state index in [1.807, 2.05) is 0 Å². The lowest BCUT2D eigenvalue weighted by Crippen LogP contribution is -2.37. The van der Waals surface area contributed by atoms with Gasteiger partial charge in [0.2, 0.25) is 0 Å². The summed E-state index contributed by atoms with van der Waals surface area (Å²) in [4.78, 5) is 11.5. The highest BCUT2D eigenvalue weighted by molar-refractivity contribution is 9.10. The van der Waals surface area contributed by atoms with Crippen LogP contribution in [-0.4, -0.2) is 33.7 Å². The number of esters is 1. The predicted octanol–water partition coefficient (Wildman–Crippen LogP) is 2.59. The molecule has 0 atom stereocenters. The first-order valence-corrected chi connectivity index (χ1v) is 8.49. The number of benzene rings is 1. The monoisotopic (exact) mass is 388 g/mol. The van der Waals surface area contributed by atoms with Crippen LogP contribution in [0.2, 0.25) is 5.02 Å². The van der Waals surface area contributed by atoms with Crippen LogP contribution in [-0.2, 0) is 18.5 Å². The number of carbonyl (C=O) groups is 1. The van der Waals surface area contributed by atoms with Gasteiger partial charge >= 0.3 is 5.97 Å². The van der Waals surface area contributed by atoms with Crippen molar-refractivity contribution < 1.29 is 22.7 Å². The molecule has 1 aromatic rings. The third-order valence-corrected chi connectivity index (χ3v) is 5.36. The second-order valence-corrected chi connectivity index (χ2v) is 7.51. The fourth-order valence-electron chi connectivity index (χ4n) is 1.36. The molecule has 1 fully saturated rings. The number of carbonyl (C=O) groups excluding carboxylic acids is 1. The first-order valence-electron chi connectivity index (χ1n) is 5.01. The summed E-state index contributed by atoms with van der Waals surface area (Å²) in [5, 5.41) is 0.0542. The minimum atomic E-state index is -4.02. The van der Waals surface area contributed by atoms with E-state index in [0.29, 0.717) is 13.2 Å². The van der Waals surface area contributed by atoms with Gasteiger partial charge in [-0.3, -0.25) is 0 Å². The van der Waals surface area contributed by atoms with Gasteiger partial charge < -0.3 is 9.47 Å². The molecule has 0 aliphatic carbocycles. The Morgan fingerprint density at radius 3 is 2.53 bits per heavy atom. The molecular weight excluding hydrogens is 383 g/mol. The van der Waals surface area contributed by atoms with Crippen molar-refractivity contribution in [3.05, 3.63) is 27.2 Å². The maximum atomic E-state index is 11.8. The van der Waals surface area contributed by atoms with Crippen molar-refractivity contribution in [3.8, 4) is 0 Å². The summed E-state index contributed by atoms with van der Waals surface area (Å²) in [6.45, 7) is 0.660. The normalized spacial score (nSPS) is 15.9. The van der Waals surface area contributed by atoms with Crippen LogP contribution in [0.5, 0.6) is 0 Å². The molecule has 0 bridgehead atoms. The maximum Gasteiger partial charge on any atom is 0.338 e. The van der Waals surface area contributed by atoms with Crippen molar-refractivity contribution in [2.75, 3.05) is 13.2 Å². The summed E-state index contributed by atoms with van der Waals surface area (Å²) >= 11 is 8.86. The second-order valence-electron chi connectivity index (χ2n) is 3.77. The summed E-state index contributed by atoms with van der Waals surface area (Å²) in [7, 11) is 1.24. The van der Waals surface area contributed by atoms with Crippen LogP contribution >= 0.6 is 38.2 Å². The van der Waals surface area contributed by atoms with Crippen molar-refractivity contribution in [3.63, 3.8) is 0 Å². The maximum absolute atomic E-state index is 11.8. The van der Waals surface area contributed by atoms with Crippen molar-refractivity contribution in [1.82, 2.24) is 0 Å².